The highest BCUT2D eigenvalue weighted by Gasteiger charge is 2.29. The minimum absolute atomic E-state index is 0.341. The Morgan fingerprint density at radius 1 is 1.24 bits per heavy atom. The molecule has 29 heavy (non-hydrogen) atoms. The summed E-state index contributed by atoms with van der Waals surface area (Å²) in [6.07, 6.45) is -2.72. The Bertz CT molecular complexity index is 1180. The summed E-state index contributed by atoms with van der Waals surface area (Å²) in [6, 6.07) is 5.43. The van der Waals surface area contributed by atoms with Crippen LogP contribution in [0.5, 0.6) is 0 Å². The van der Waals surface area contributed by atoms with Crippen LogP contribution in [0.4, 0.5) is 13.2 Å². The van der Waals surface area contributed by atoms with Crippen LogP contribution in [0, 0.1) is 6.92 Å². The van der Waals surface area contributed by atoms with E-state index in [4.69, 9.17) is 9.26 Å². The molecule has 4 rings (SSSR count). The Morgan fingerprint density at radius 2 is 2.03 bits per heavy atom. The highest BCUT2D eigenvalue weighted by molar-refractivity contribution is 6.10. The Kier molecular flexibility index (Phi) is 4.77. The molecule has 0 saturated heterocycles. The fraction of sp³-hybridized carbons (Fsp3) is 0.350. The topological polar surface area (TPSA) is 76.8 Å². The number of nitrogens with one attached hydrogen (secondary N) is 1. The van der Waals surface area contributed by atoms with E-state index in [9.17, 15) is 13.2 Å². The summed E-state index contributed by atoms with van der Waals surface area (Å²) in [5.41, 5.74) is 3.76. The number of aromatic amines is 1. The molecule has 0 saturated carbocycles. The molecule has 0 fully saturated rings. The fourth-order valence-electron chi connectivity index (χ4n) is 3.35. The van der Waals surface area contributed by atoms with Gasteiger partial charge in [0.2, 0.25) is 0 Å². The van der Waals surface area contributed by atoms with Crippen LogP contribution in [0.15, 0.2) is 28.9 Å². The summed E-state index contributed by atoms with van der Waals surface area (Å²) in [5.74, 6) is 0.937. The number of nitrogens with zero attached hydrogens (tertiary/aromatic N) is 3. The van der Waals surface area contributed by atoms with Crippen molar-refractivity contribution in [1.29, 1.82) is 0 Å². The van der Waals surface area contributed by atoms with Crippen LogP contribution in [0.2, 0.25) is 0 Å². The van der Waals surface area contributed by atoms with Crippen LogP contribution in [-0.4, -0.2) is 32.9 Å². The second kappa shape index (κ2) is 7.14. The van der Waals surface area contributed by atoms with E-state index in [0.29, 0.717) is 29.4 Å². The number of hydrogen-bond acceptors (Lipinski definition) is 5. The number of H-pyrrole nitrogens is 1. The maximum Gasteiger partial charge on any atom is 0.411 e. The van der Waals surface area contributed by atoms with E-state index < -0.39 is 18.9 Å². The van der Waals surface area contributed by atoms with E-state index in [0.717, 1.165) is 27.4 Å². The highest BCUT2D eigenvalue weighted by atomic mass is 19.4. The first-order chi connectivity index (χ1) is 13.8. The van der Waals surface area contributed by atoms with Gasteiger partial charge in [-0.3, -0.25) is 0 Å². The van der Waals surface area contributed by atoms with Crippen molar-refractivity contribution >= 4 is 21.8 Å². The van der Waals surface area contributed by atoms with Crippen LogP contribution in [0.25, 0.3) is 33.4 Å². The second-order valence-corrected chi connectivity index (χ2v) is 6.89. The summed E-state index contributed by atoms with van der Waals surface area (Å²) < 4.78 is 47.7. The van der Waals surface area contributed by atoms with E-state index >= 15 is 0 Å². The number of pyridine rings is 1. The molecule has 0 bridgehead atoms. The van der Waals surface area contributed by atoms with Crippen molar-refractivity contribution in [1.82, 2.24) is 20.1 Å². The zero-order valence-corrected chi connectivity index (χ0v) is 16.1. The van der Waals surface area contributed by atoms with Gasteiger partial charge in [-0.25, -0.2) is 4.98 Å². The summed E-state index contributed by atoms with van der Waals surface area (Å²) in [4.78, 5) is 12.1. The van der Waals surface area contributed by atoms with Gasteiger partial charge < -0.3 is 14.2 Å². The zero-order chi connectivity index (χ0) is 20.8. The Balaban J connectivity index is 1.78. The van der Waals surface area contributed by atoms with Gasteiger partial charge in [-0.1, -0.05) is 18.1 Å². The quantitative estimate of drug-likeness (QED) is 0.490. The highest BCUT2D eigenvalue weighted by Crippen LogP contribution is 2.34. The van der Waals surface area contributed by atoms with Crippen molar-refractivity contribution < 1.29 is 22.4 Å². The standard InChI is InChI=1S/C20H19F3N4O2/c1-4-16-26-19(29-27-16)18-10(2)17-13-7-12(11(3)28-9-20(21,22)23)5-6-14(13)25-15(17)8-24-18/h5-8,11,25H,4,9H2,1-3H3. The van der Waals surface area contributed by atoms with E-state index in [1.807, 2.05) is 26.0 Å². The minimum Gasteiger partial charge on any atom is -0.364 e. The molecule has 1 atom stereocenters. The largest absolute Gasteiger partial charge is 0.411 e. The molecular formula is C20H19F3N4O2. The van der Waals surface area contributed by atoms with Crippen molar-refractivity contribution in [2.24, 2.45) is 0 Å². The van der Waals surface area contributed by atoms with Crippen LogP contribution in [0.1, 0.15) is 36.9 Å². The van der Waals surface area contributed by atoms with Crippen molar-refractivity contribution in [3.8, 4) is 11.6 Å². The summed E-state index contributed by atoms with van der Waals surface area (Å²) in [7, 11) is 0. The number of halogens is 3. The lowest BCUT2D eigenvalue weighted by Crippen LogP contribution is -2.18. The Labute approximate surface area is 164 Å². The molecular weight excluding hydrogens is 385 g/mol. The van der Waals surface area contributed by atoms with Gasteiger partial charge in [0.15, 0.2) is 5.82 Å². The first-order valence-corrected chi connectivity index (χ1v) is 9.19. The summed E-state index contributed by atoms with van der Waals surface area (Å²) in [6.45, 7) is 4.15. The van der Waals surface area contributed by atoms with Gasteiger partial charge >= 0.3 is 6.18 Å². The Morgan fingerprint density at radius 3 is 2.72 bits per heavy atom. The molecule has 0 amide bonds. The first-order valence-electron chi connectivity index (χ1n) is 9.19. The Hall–Kier alpha value is -2.94. The lowest BCUT2D eigenvalue weighted by Gasteiger charge is -2.15. The molecule has 4 aromatic rings. The number of rotatable bonds is 5. The number of ether oxygens (including phenoxy) is 1. The van der Waals surface area contributed by atoms with Crippen molar-refractivity contribution in [3.63, 3.8) is 0 Å². The molecule has 9 heteroatoms. The molecule has 1 aromatic carbocycles. The predicted octanol–water partition coefficient (Wildman–Crippen LogP) is 5.28. The smallest absolute Gasteiger partial charge is 0.364 e. The molecule has 0 aliphatic rings. The fourth-order valence-corrected chi connectivity index (χ4v) is 3.35. The number of alkyl halides is 3. The third-order valence-corrected chi connectivity index (χ3v) is 4.86. The molecule has 0 aliphatic heterocycles. The minimum atomic E-state index is -4.36. The van der Waals surface area contributed by atoms with Crippen molar-refractivity contribution in [2.75, 3.05) is 6.61 Å². The van der Waals surface area contributed by atoms with Gasteiger partial charge in [0.1, 0.15) is 12.3 Å². The van der Waals surface area contributed by atoms with Gasteiger partial charge in [-0.05, 0) is 37.1 Å². The SMILES string of the molecule is CCc1noc(-c2ncc3[nH]c4ccc(C(C)OCC(F)(F)F)cc4c3c2C)n1. The predicted molar refractivity (Wildman–Crippen MR) is 101 cm³/mol. The van der Waals surface area contributed by atoms with E-state index in [2.05, 4.69) is 20.1 Å². The molecule has 152 valence electrons. The molecule has 1 unspecified atom stereocenters. The van der Waals surface area contributed by atoms with Gasteiger partial charge in [-0.15, -0.1) is 0 Å². The molecule has 0 spiro atoms. The number of hydrogen-bond donors (Lipinski definition) is 1. The molecule has 0 aliphatic carbocycles. The molecule has 3 aromatic heterocycles. The van der Waals surface area contributed by atoms with Crippen LogP contribution in [0.3, 0.4) is 0 Å². The molecule has 0 radical (unpaired) electrons. The van der Waals surface area contributed by atoms with Gasteiger partial charge in [0, 0.05) is 22.7 Å². The number of fused-ring (bicyclic) bond motifs is 3. The molecule has 6 nitrogen and oxygen atoms in total. The lowest BCUT2D eigenvalue weighted by atomic mass is 10.0. The van der Waals surface area contributed by atoms with Crippen LogP contribution < -0.4 is 0 Å². The van der Waals surface area contributed by atoms with Crippen molar-refractivity contribution in [2.45, 2.75) is 39.5 Å². The lowest BCUT2D eigenvalue weighted by molar-refractivity contribution is -0.184. The van der Waals surface area contributed by atoms with E-state index in [-0.39, 0.29) is 0 Å². The van der Waals surface area contributed by atoms with Crippen LogP contribution >= 0.6 is 0 Å². The van der Waals surface area contributed by atoms with E-state index in [1.54, 1.807) is 19.2 Å². The monoisotopic (exact) mass is 404 g/mol. The maximum absolute atomic E-state index is 12.5. The van der Waals surface area contributed by atoms with Crippen LogP contribution in [-0.2, 0) is 11.2 Å². The zero-order valence-electron chi connectivity index (χ0n) is 16.1. The van der Waals surface area contributed by atoms with Gasteiger partial charge in [0.05, 0.1) is 17.8 Å². The molecule has 1 N–H and O–H groups in total. The first kappa shape index (κ1) is 19.4. The average molecular weight is 404 g/mol. The number of aromatic nitrogens is 4. The third-order valence-electron chi connectivity index (χ3n) is 4.86. The molecule has 3 heterocycles. The number of aryl methyl sites for hydroxylation is 2. The maximum atomic E-state index is 12.5. The average Bonchev–Trinajstić information content (AvgIpc) is 3.29. The van der Waals surface area contributed by atoms with Crippen molar-refractivity contribution in [3.05, 3.63) is 41.3 Å². The normalized spacial score (nSPS) is 13.4. The van der Waals surface area contributed by atoms with Gasteiger partial charge in [0.25, 0.3) is 5.89 Å². The summed E-state index contributed by atoms with van der Waals surface area (Å²) in [5, 5.41) is 5.70. The number of benzene rings is 1. The van der Waals surface area contributed by atoms with Gasteiger partial charge in [-0.2, -0.15) is 18.2 Å². The third kappa shape index (κ3) is 3.69. The second-order valence-electron chi connectivity index (χ2n) is 6.89. The summed E-state index contributed by atoms with van der Waals surface area (Å²) >= 11 is 0. The van der Waals surface area contributed by atoms with E-state index in [1.165, 1.54) is 0 Å².